The molecule has 0 saturated carbocycles. The predicted octanol–water partition coefficient (Wildman–Crippen LogP) is 0.474. The second-order valence-corrected chi connectivity index (χ2v) is 6.61. The molecule has 0 radical (unpaired) electrons. The molecular weight excluding hydrogens is 352 g/mol. The van der Waals surface area contributed by atoms with Crippen molar-refractivity contribution in [1.29, 1.82) is 0 Å². The van der Waals surface area contributed by atoms with Gasteiger partial charge < -0.3 is 5.32 Å². The number of amides is 2. The standard InChI is InChI=1S/C14H15ClN6O2S/c1-20-6-11(13(23)19-20)17-12(22)7-24-14-18-16-8-21(14)10-4-2-3-9(15)5-10/h2-5,8,11H,6-7H2,1H3,(H,17,22)(H,19,23)/t11-/m1/s1. The molecule has 10 heteroatoms. The summed E-state index contributed by atoms with van der Waals surface area (Å²) in [6, 6.07) is 6.73. The molecule has 0 spiro atoms. The summed E-state index contributed by atoms with van der Waals surface area (Å²) >= 11 is 7.23. The number of hydrazine groups is 1. The number of aromatic nitrogens is 3. The van der Waals surface area contributed by atoms with Crippen LogP contribution in [0.5, 0.6) is 0 Å². The Morgan fingerprint density at radius 1 is 1.54 bits per heavy atom. The summed E-state index contributed by atoms with van der Waals surface area (Å²) < 4.78 is 1.75. The Kier molecular flexibility index (Phi) is 5.03. The van der Waals surface area contributed by atoms with Crippen molar-refractivity contribution in [3.8, 4) is 5.69 Å². The van der Waals surface area contributed by atoms with Gasteiger partial charge in [0, 0.05) is 18.6 Å². The van der Waals surface area contributed by atoms with Crippen LogP contribution in [0.3, 0.4) is 0 Å². The molecule has 0 unspecified atom stereocenters. The maximum Gasteiger partial charge on any atom is 0.258 e. The third-order valence-electron chi connectivity index (χ3n) is 3.34. The van der Waals surface area contributed by atoms with Gasteiger partial charge in [-0.1, -0.05) is 29.4 Å². The van der Waals surface area contributed by atoms with Gasteiger partial charge in [0.2, 0.25) is 5.91 Å². The van der Waals surface area contributed by atoms with Crippen molar-refractivity contribution in [1.82, 2.24) is 30.5 Å². The molecule has 2 amide bonds. The smallest absolute Gasteiger partial charge is 0.258 e. The van der Waals surface area contributed by atoms with Gasteiger partial charge in [0.1, 0.15) is 12.4 Å². The molecule has 3 rings (SSSR count). The average molecular weight is 367 g/mol. The van der Waals surface area contributed by atoms with E-state index in [9.17, 15) is 9.59 Å². The SMILES string of the molecule is CN1C[C@@H](NC(=O)CSc2nncn2-c2cccc(Cl)c2)C(=O)N1. The molecule has 1 aromatic heterocycles. The van der Waals surface area contributed by atoms with Crippen molar-refractivity contribution >= 4 is 35.2 Å². The highest BCUT2D eigenvalue weighted by Crippen LogP contribution is 2.21. The molecule has 0 aliphatic carbocycles. The average Bonchev–Trinajstić information content (AvgIpc) is 3.12. The Labute approximate surface area is 147 Å². The van der Waals surface area contributed by atoms with E-state index in [2.05, 4.69) is 20.9 Å². The number of halogens is 1. The van der Waals surface area contributed by atoms with Gasteiger partial charge in [-0.2, -0.15) is 0 Å². The van der Waals surface area contributed by atoms with Gasteiger partial charge in [-0.3, -0.25) is 19.6 Å². The fraction of sp³-hybridized carbons (Fsp3) is 0.286. The molecule has 1 aliphatic rings. The molecule has 126 valence electrons. The summed E-state index contributed by atoms with van der Waals surface area (Å²) in [6.07, 6.45) is 1.56. The van der Waals surface area contributed by atoms with Gasteiger partial charge in [-0.15, -0.1) is 10.2 Å². The van der Waals surface area contributed by atoms with E-state index in [4.69, 9.17) is 11.6 Å². The number of thioether (sulfide) groups is 1. The maximum absolute atomic E-state index is 12.0. The number of likely N-dealkylation sites (N-methyl/N-ethyl adjacent to an activating group) is 1. The first kappa shape index (κ1) is 16.7. The third kappa shape index (κ3) is 3.86. The second-order valence-electron chi connectivity index (χ2n) is 5.23. The molecule has 2 N–H and O–H groups in total. The summed E-state index contributed by atoms with van der Waals surface area (Å²) in [4.78, 5) is 23.7. The Balaban J connectivity index is 1.60. The number of carbonyl (C=O) groups excluding carboxylic acids is 2. The minimum Gasteiger partial charge on any atom is -0.342 e. The first-order valence-corrected chi connectivity index (χ1v) is 8.49. The van der Waals surface area contributed by atoms with E-state index in [0.717, 1.165) is 5.69 Å². The number of nitrogens with one attached hydrogen (secondary N) is 2. The molecule has 1 saturated heterocycles. The number of hydrogen-bond donors (Lipinski definition) is 2. The van der Waals surface area contributed by atoms with Gasteiger partial charge in [0.15, 0.2) is 5.16 Å². The fourth-order valence-corrected chi connectivity index (χ4v) is 3.20. The Bertz CT molecular complexity index is 767. The third-order valence-corrected chi connectivity index (χ3v) is 4.52. The van der Waals surface area contributed by atoms with Gasteiger partial charge in [-0.25, -0.2) is 5.01 Å². The van der Waals surface area contributed by atoms with Crippen LogP contribution in [-0.4, -0.2) is 57.0 Å². The Morgan fingerprint density at radius 2 is 2.38 bits per heavy atom. The zero-order chi connectivity index (χ0) is 17.1. The van der Waals surface area contributed by atoms with Crippen molar-refractivity contribution in [2.45, 2.75) is 11.2 Å². The van der Waals surface area contributed by atoms with Crippen molar-refractivity contribution in [2.75, 3.05) is 19.3 Å². The molecule has 1 atom stereocenters. The lowest BCUT2D eigenvalue weighted by Crippen LogP contribution is -2.42. The number of hydrogen-bond acceptors (Lipinski definition) is 6. The quantitative estimate of drug-likeness (QED) is 0.747. The fourth-order valence-electron chi connectivity index (χ4n) is 2.27. The predicted molar refractivity (Wildman–Crippen MR) is 89.8 cm³/mol. The van der Waals surface area contributed by atoms with Crippen LogP contribution in [0, 0.1) is 0 Å². The van der Waals surface area contributed by atoms with E-state index >= 15 is 0 Å². The largest absolute Gasteiger partial charge is 0.342 e. The van der Waals surface area contributed by atoms with E-state index in [-0.39, 0.29) is 17.6 Å². The highest BCUT2D eigenvalue weighted by atomic mass is 35.5. The van der Waals surface area contributed by atoms with Crippen LogP contribution < -0.4 is 10.7 Å². The molecule has 1 aliphatic heterocycles. The first-order valence-electron chi connectivity index (χ1n) is 7.12. The van der Waals surface area contributed by atoms with E-state index < -0.39 is 6.04 Å². The topological polar surface area (TPSA) is 92.2 Å². The molecule has 1 aromatic carbocycles. The zero-order valence-corrected chi connectivity index (χ0v) is 14.3. The Morgan fingerprint density at radius 3 is 3.08 bits per heavy atom. The monoisotopic (exact) mass is 366 g/mol. The van der Waals surface area contributed by atoms with Gasteiger partial charge in [0.25, 0.3) is 5.91 Å². The second kappa shape index (κ2) is 7.20. The summed E-state index contributed by atoms with van der Waals surface area (Å²) in [7, 11) is 1.74. The van der Waals surface area contributed by atoms with Gasteiger partial charge >= 0.3 is 0 Å². The summed E-state index contributed by atoms with van der Waals surface area (Å²) in [5, 5.41) is 13.4. The number of carbonyl (C=O) groups is 2. The summed E-state index contributed by atoms with van der Waals surface area (Å²) in [5.41, 5.74) is 3.42. The van der Waals surface area contributed by atoms with Crippen LogP contribution in [0.2, 0.25) is 5.02 Å². The lowest BCUT2D eigenvalue weighted by atomic mass is 10.3. The molecule has 2 heterocycles. The van der Waals surface area contributed by atoms with E-state index in [1.165, 1.54) is 11.8 Å². The van der Waals surface area contributed by atoms with Gasteiger partial charge in [-0.05, 0) is 18.2 Å². The van der Waals surface area contributed by atoms with Crippen LogP contribution in [-0.2, 0) is 9.59 Å². The van der Waals surface area contributed by atoms with E-state index in [1.54, 1.807) is 35.1 Å². The van der Waals surface area contributed by atoms with Crippen molar-refractivity contribution < 1.29 is 9.59 Å². The van der Waals surface area contributed by atoms with Crippen molar-refractivity contribution in [3.63, 3.8) is 0 Å². The molecule has 0 bridgehead atoms. The zero-order valence-electron chi connectivity index (χ0n) is 12.8. The minimum atomic E-state index is -0.533. The molecular formula is C14H15ClN6O2S. The van der Waals surface area contributed by atoms with E-state index in [0.29, 0.717) is 16.7 Å². The first-order chi connectivity index (χ1) is 11.5. The molecule has 24 heavy (non-hydrogen) atoms. The minimum absolute atomic E-state index is 0.132. The maximum atomic E-state index is 12.0. The molecule has 8 nitrogen and oxygen atoms in total. The van der Waals surface area contributed by atoms with Crippen LogP contribution >= 0.6 is 23.4 Å². The highest BCUT2D eigenvalue weighted by Gasteiger charge is 2.29. The number of nitrogens with zero attached hydrogens (tertiary/aromatic N) is 4. The van der Waals surface area contributed by atoms with Crippen molar-refractivity contribution in [3.05, 3.63) is 35.6 Å². The highest BCUT2D eigenvalue weighted by molar-refractivity contribution is 7.99. The lowest BCUT2D eigenvalue weighted by molar-refractivity contribution is -0.126. The molecule has 1 fully saturated rings. The van der Waals surface area contributed by atoms with Crippen LogP contribution in [0.25, 0.3) is 5.69 Å². The van der Waals surface area contributed by atoms with E-state index in [1.807, 2.05) is 12.1 Å². The molecule has 2 aromatic rings. The van der Waals surface area contributed by atoms with Gasteiger partial charge in [0.05, 0.1) is 11.4 Å². The van der Waals surface area contributed by atoms with Crippen LogP contribution in [0.15, 0.2) is 35.7 Å². The number of benzene rings is 1. The van der Waals surface area contributed by atoms with Crippen LogP contribution in [0.1, 0.15) is 0 Å². The summed E-state index contributed by atoms with van der Waals surface area (Å²) in [5.74, 6) is -0.318. The normalized spacial score (nSPS) is 17.8. The number of rotatable bonds is 5. The van der Waals surface area contributed by atoms with Crippen LogP contribution in [0.4, 0.5) is 0 Å². The summed E-state index contributed by atoms with van der Waals surface area (Å²) in [6.45, 7) is 0.438. The lowest BCUT2D eigenvalue weighted by Gasteiger charge is -2.10. The van der Waals surface area contributed by atoms with Crippen molar-refractivity contribution in [2.24, 2.45) is 0 Å². The Hall–Kier alpha value is -2.10.